The van der Waals surface area contributed by atoms with Crippen LogP contribution < -0.4 is 10.6 Å². The van der Waals surface area contributed by atoms with E-state index in [4.69, 9.17) is 14.2 Å². The highest BCUT2D eigenvalue weighted by molar-refractivity contribution is 5.98. The zero-order valence-corrected chi connectivity index (χ0v) is 21.5. The SMILES string of the molecule is CCOC(=O)CC[C@H](NC(=O)c1ccc(Nc2nc3ccccc3nc2C(=O)OCC)cc1)C(=O)OCC. The Bertz CT molecular complexity index is 1290. The van der Waals surface area contributed by atoms with Gasteiger partial charge in [0.2, 0.25) is 0 Å². The zero-order chi connectivity index (χ0) is 27.5. The standard InChI is InChI=1S/C27H30N4O7/c1-4-36-22(32)16-15-21(26(34)37-5-2)31-25(33)17-11-13-18(14-12-17)28-24-23(27(35)38-6-3)29-19-9-7-8-10-20(19)30-24/h7-14,21H,4-6,15-16H2,1-3H3,(H,28,30)(H,31,33)/t21-/m0/s1. The molecule has 3 rings (SSSR count). The van der Waals surface area contributed by atoms with Gasteiger partial charge in [0.15, 0.2) is 11.5 Å². The lowest BCUT2D eigenvalue weighted by Crippen LogP contribution is -2.42. The summed E-state index contributed by atoms with van der Waals surface area (Å²) >= 11 is 0. The number of amides is 1. The predicted molar refractivity (Wildman–Crippen MR) is 139 cm³/mol. The molecular weight excluding hydrogens is 492 g/mol. The number of fused-ring (bicyclic) bond motifs is 1. The van der Waals surface area contributed by atoms with Gasteiger partial charge in [0.1, 0.15) is 6.04 Å². The van der Waals surface area contributed by atoms with Gasteiger partial charge in [-0.15, -0.1) is 0 Å². The molecule has 0 saturated heterocycles. The lowest BCUT2D eigenvalue weighted by molar-refractivity contribution is -0.146. The lowest BCUT2D eigenvalue weighted by Gasteiger charge is -2.17. The number of hydrogen-bond donors (Lipinski definition) is 2. The highest BCUT2D eigenvalue weighted by atomic mass is 16.5. The van der Waals surface area contributed by atoms with Crippen LogP contribution in [0.1, 0.15) is 54.5 Å². The number of nitrogens with one attached hydrogen (secondary N) is 2. The summed E-state index contributed by atoms with van der Waals surface area (Å²) in [5.74, 6) is -2.02. The molecule has 1 aromatic heterocycles. The molecule has 1 atom stereocenters. The van der Waals surface area contributed by atoms with Crippen LogP contribution in [0, 0.1) is 0 Å². The molecule has 11 heteroatoms. The minimum Gasteiger partial charge on any atom is -0.466 e. The Hall–Kier alpha value is -4.54. The van der Waals surface area contributed by atoms with Crippen LogP contribution >= 0.6 is 0 Å². The number of ether oxygens (including phenoxy) is 3. The fraction of sp³-hybridized carbons (Fsp3) is 0.333. The van der Waals surface area contributed by atoms with Crippen LogP contribution in [0.25, 0.3) is 11.0 Å². The molecule has 0 fully saturated rings. The van der Waals surface area contributed by atoms with E-state index in [0.717, 1.165) is 0 Å². The van der Waals surface area contributed by atoms with E-state index in [2.05, 4.69) is 20.6 Å². The topological polar surface area (TPSA) is 146 Å². The van der Waals surface area contributed by atoms with E-state index in [1.165, 1.54) is 0 Å². The Morgan fingerprint density at radius 3 is 2.08 bits per heavy atom. The molecule has 1 amide bonds. The third-order valence-electron chi connectivity index (χ3n) is 5.27. The number of nitrogens with zero attached hydrogens (tertiary/aromatic N) is 2. The molecule has 2 aromatic carbocycles. The summed E-state index contributed by atoms with van der Waals surface area (Å²) in [7, 11) is 0. The van der Waals surface area contributed by atoms with Gasteiger partial charge in [-0.1, -0.05) is 12.1 Å². The molecule has 3 aromatic rings. The first kappa shape index (κ1) is 28.0. The molecule has 2 N–H and O–H groups in total. The van der Waals surface area contributed by atoms with Crippen molar-refractivity contribution in [3.05, 3.63) is 59.8 Å². The third-order valence-corrected chi connectivity index (χ3v) is 5.27. The smallest absolute Gasteiger partial charge is 0.360 e. The van der Waals surface area contributed by atoms with Gasteiger partial charge in [0.05, 0.1) is 30.9 Å². The predicted octanol–water partition coefficient (Wildman–Crippen LogP) is 3.55. The van der Waals surface area contributed by atoms with Crippen LogP contribution in [0.3, 0.4) is 0 Å². The normalized spacial score (nSPS) is 11.3. The van der Waals surface area contributed by atoms with Gasteiger partial charge in [-0.25, -0.2) is 19.6 Å². The quantitative estimate of drug-likeness (QED) is 0.267. The van der Waals surface area contributed by atoms with Gasteiger partial charge in [-0.3, -0.25) is 9.59 Å². The lowest BCUT2D eigenvalue weighted by atomic mass is 10.1. The van der Waals surface area contributed by atoms with Crippen molar-refractivity contribution in [3.63, 3.8) is 0 Å². The van der Waals surface area contributed by atoms with Crippen LogP contribution in [0.15, 0.2) is 48.5 Å². The van der Waals surface area contributed by atoms with Crippen molar-refractivity contribution in [2.24, 2.45) is 0 Å². The van der Waals surface area contributed by atoms with E-state index in [9.17, 15) is 19.2 Å². The Kier molecular flexibility index (Phi) is 10.1. The Morgan fingerprint density at radius 1 is 0.816 bits per heavy atom. The van der Waals surface area contributed by atoms with Gasteiger partial charge < -0.3 is 24.8 Å². The summed E-state index contributed by atoms with van der Waals surface area (Å²) in [6.45, 7) is 5.58. The van der Waals surface area contributed by atoms with Crippen LogP contribution in [0.2, 0.25) is 0 Å². The molecule has 11 nitrogen and oxygen atoms in total. The monoisotopic (exact) mass is 522 g/mol. The molecule has 0 radical (unpaired) electrons. The second kappa shape index (κ2) is 13.7. The molecule has 0 saturated carbocycles. The number of esters is 3. The van der Waals surface area contributed by atoms with Crippen molar-refractivity contribution in [2.75, 3.05) is 25.1 Å². The molecule has 0 aliphatic rings. The number of carbonyl (C=O) groups is 4. The number of benzene rings is 2. The van der Waals surface area contributed by atoms with Gasteiger partial charge in [0.25, 0.3) is 5.91 Å². The first-order valence-corrected chi connectivity index (χ1v) is 12.3. The maximum absolute atomic E-state index is 12.8. The summed E-state index contributed by atoms with van der Waals surface area (Å²) in [6, 6.07) is 12.5. The van der Waals surface area contributed by atoms with Crippen molar-refractivity contribution in [1.82, 2.24) is 15.3 Å². The highest BCUT2D eigenvalue weighted by Crippen LogP contribution is 2.22. The second-order valence-electron chi connectivity index (χ2n) is 7.95. The summed E-state index contributed by atoms with van der Waals surface area (Å²) in [4.78, 5) is 58.3. The Labute approximate surface area is 219 Å². The van der Waals surface area contributed by atoms with E-state index in [1.54, 1.807) is 63.2 Å². The molecule has 0 unspecified atom stereocenters. The zero-order valence-electron chi connectivity index (χ0n) is 21.5. The molecule has 38 heavy (non-hydrogen) atoms. The second-order valence-corrected chi connectivity index (χ2v) is 7.95. The number of aromatic nitrogens is 2. The fourth-order valence-electron chi connectivity index (χ4n) is 3.50. The van der Waals surface area contributed by atoms with E-state index in [0.29, 0.717) is 16.7 Å². The first-order valence-electron chi connectivity index (χ1n) is 12.3. The largest absolute Gasteiger partial charge is 0.466 e. The molecule has 0 aliphatic carbocycles. The van der Waals surface area contributed by atoms with Crippen molar-refractivity contribution in [3.8, 4) is 0 Å². The first-order chi connectivity index (χ1) is 18.4. The average molecular weight is 523 g/mol. The van der Waals surface area contributed by atoms with E-state index < -0.39 is 29.9 Å². The average Bonchev–Trinajstić information content (AvgIpc) is 2.91. The van der Waals surface area contributed by atoms with Gasteiger partial charge in [-0.05, 0) is 63.6 Å². The van der Waals surface area contributed by atoms with Crippen molar-refractivity contribution < 1.29 is 33.4 Å². The van der Waals surface area contributed by atoms with Gasteiger partial charge in [0, 0.05) is 17.7 Å². The summed E-state index contributed by atoms with van der Waals surface area (Å²) in [6.07, 6.45) is -0.00360. The maximum atomic E-state index is 12.8. The maximum Gasteiger partial charge on any atom is 0.360 e. The van der Waals surface area contributed by atoms with Crippen LogP contribution in [-0.2, 0) is 23.8 Å². The fourth-order valence-corrected chi connectivity index (χ4v) is 3.50. The van der Waals surface area contributed by atoms with Crippen LogP contribution in [0.5, 0.6) is 0 Å². The van der Waals surface area contributed by atoms with Crippen LogP contribution in [-0.4, -0.2) is 59.6 Å². The Morgan fingerprint density at radius 2 is 1.45 bits per heavy atom. The van der Waals surface area contributed by atoms with Gasteiger partial charge in [-0.2, -0.15) is 0 Å². The number of para-hydroxylation sites is 2. The minimum absolute atomic E-state index is 0.0336. The number of anilines is 2. The van der Waals surface area contributed by atoms with E-state index >= 15 is 0 Å². The minimum atomic E-state index is -1.01. The molecule has 0 bridgehead atoms. The Balaban J connectivity index is 1.76. The molecule has 0 spiro atoms. The van der Waals surface area contributed by atoms with Crippen LogP contribution in [0.4, 0.5) is 11.5 Å². The van der Waals surface area contributed by atoms with Gasteiger partial charge >= 0.3 is 17.9 Å². The van der Waals surface area contributed by atoms with E-state index in [-0.39, 0.29) is 49.7 Å². The summed E-state index contributed by atoms with van der Waals surface area (Å²) in [5.41, 5.74) is 1.99. The molecule has 200 valence electrons. The third kappa shape index (κ3) is 7.48. The summed E-state index contributed by atoms with van der Waals surface area (Å²) in [5, 5.41) is 5.68. The van der Waals surface area contributed by atoms with E-state index in [1.807, 2.05) is 6.07 Å². The number of hydrogen-bond acceptors (Lipinski definition) is 10. The molecule has 1 heterocycles. The van der Waals surface area contributed by atoms with Crippen molar-refractivity contribution >= 4 is 46.4 Å². The molecule has 0 aliphatic heterocycles. The number of rotatable bonds is 12. The highest BCUT2D eigenvalue weighted by Gasteiger charge is 2.24. The summed E-state index contributed by atoms with van der Waals surface area (Å²) < 4.78 is 15.1. The number of carbonyl (C=O) groups excluding carboxylic acids is 4. The van der Waals surface area contributed by atoms with Crippen molar-refractivity contribution in [2.45, 2.75) is 39.7 Å². The van der Waals surface area contributed by atoms with Crippen molar-refractivity contribution in [1.29, 1.82) is 0 Å². The molecular formula is C27H30N4O7.